The second-order valence-corrected chi connectivity index (χ2v) is 9.67. The van der Waals surface area contributed by atoms with E-state index in [9.17, 15) is 13.2 Å². The zero-order valence-corrected chi connectivity index (χ0v) is 18.3. The Balaban J connectivity index is 1.20. The summed E-state index contributed by atoms with van der Waals surface area (Å²) in [5.41, 5.74) is -0.729. The van der Waals surface area contributed by atoms with Crippen molar-refractivity contribution in [1.29, 1.82) is 0 Å². The van der Waals surface area contributed by atoms with Gasteiger partial charge < -0.3 is 24.6 Å². The number of ether oxygens (including phenoxy) is 2. The molecule has 2 atom stereocenters. The van der Waals surface area contributed by atoms with E-state index in [0.717, 1.165) is 64.6 Å². The third-order valence-electron chi connectivity index (χ3n) is 7.45. The van der Waals surface area contributed by atoms with Crippen LogP contribution in [0.25, 0.3) is 0 Å². The lowest BCUT2D eigenvalue weighted by Gasteiger charge is -2.28. The average Bonchev–Trinajstić information content (AvgIpc) is 3.32. The molecule has 1 saturated carbocycles. The topological polar surface area (TPSA) is 62.8 Å². The number of halogens is 3. The predicted molar refractivity (Wildman–Crippen MR) is 114 cm³/mol. The minimum Gasteiger partial charge on any atom is -0.381 e. The third-order valence-corrected chi connectivity index (χ3v) is 7.45. The maximum Gasteiger partial charge on any atom is 0.420 e. The van der Waals surface area contributed by atoms with Gasteiger partial charge in [0.2, 0.25) is 0 Å². The van der Waals surface area contributed by atoms with E-state index < -0.39 is 11.7 Å². The summed E-state index contributed by atoms with van der Waals surface area (Å²) in [6.07, 6.45) is -0.433. The molecule has 7 nitrogen and oxygen atoms in total. The summed E-state index contributed by atoms with van der Waals surface area (Å²) in [5.74, 6) is 1.92. The Bertz CT molecular complexity index is 769. The predicted octanol–water partition coefficient (Wildman–Crippen LogP) is 2.88. The van der Waals surface area contributed by atoms with Crippen molar-refractivity contribution in [3.05, 3.63) is 11.6 Å². The molecule has 0 bridgehead atoms. The van der Waals surface area contributed by atoms with Crippen LogP contribution in [0, 0.1) is 17.8 Å². The number of nitrogens with one attached hydrogen (secondary N) is 1. The van der Waals surface area contributed by atoms with Crippen molar-refractivity contribution in [3.8, 4) is 0 Å². The van der Waals surface area contributed by atoms with E-state index in [0.29, 0.717) is 44.1 Å². The zero-order chi connectivity index (χ0) is 22.1. The molecule has 3 saturated heterocycles. The number of fused-ring (bicyclic) bond motifs is 1. The second-order valence-electron chi connectivity index (χ2n) is 9.67. The molecule has 0 amide bonds. The molecule has 4 aliphatic rings. The van der Waals surface area contributed by atoms with E-state index in [1.54, 1.807) is 4.90 Å². The van der Waals surface area contributed by atoms with Crippen LogP contribution in [-0.2, 0) is 15.7 Å². The summed E-state index contributed by atoms with van der Waals surface area (Å²) in [6.45, 7) is 6.97. The van der Waals surface area contributed by atoms with Crippen molar-refractivity contribution in [1.82, 2.24) is 15.1 Å². The number of rotatable bonds is 5. The fourth-order valence-corrected chi connectivity index (χ4v) is 5.80. The Morgan fingerprint density at radius 1 is 0.969 bits per heavy atom. The van der Waals surface area contributed by atoms with Crippen LogP contribution < -0.4 is 10.2 Å². The molecule has 32 heavy (non-hydrogen) atoms. The highest BCUT2D eigenvalue weighted by molar-refractivity contribution is 5.53. The molecule has 178 valence electrons. The van der Waals surface area contributed by atoms with Crippen molar-refractivity contribution < 1.29 is 22.6 Å². The molecule has 5 rings (SSSR count). The maximum absolute atomic E-state index is 13.8. The van der Waals surface area contributed by atoms with Gasteiger partial charge in [0.1, 0.15) is 5.56 Å². The Kier molecular flexibility index (Phi) is 6.44. The number of hydrogen-bond acceptors (Lipinski definition) is 7. The second kappa shape index (κ2) is 9.30. The number of alkyl halides is 3. The van der Waals surface area contributed by atoms with Crippen LogP contribution in [0.3, 0.4) is 0 Å². The third kappa shape index (κ3) is 4.97. The molecule has 1 aromatic heterocycles. The van der Waals surface area contributed by atoms with Gasteiger partial charge >= 0.3 is 6.18 Å². The van der Waals surface area contributed by atoms with Gasteiger partial charge in [0.15, 0.2) is 11.6 Å². The number of nitrogens with zero attached hydrogens (tertiary/aromatic N) is 4. The van der Waals surface area contributed by atoms with Crippen LogP contribution in [0.1, 0.15) is 31.2 Å². The molecule has 10 heteroatoms. The van der Waals surface area contributed by atoms with E-state index in [2.05, 4.69) is 20.4 Å². The van der Waals surface area contributed by atoms with Crippen molar-refractivity contribution in [2.45, 2.75) is 37.9 Å². The standard InChI is InChI=1S/C22H32F3N5O2/c23-22(24,25)19-11-20(30-3-7-32-8-4-30)27-28-21(19)26-18-9-16-13-29(14-17(16)10-18)12-15-1-5-31-6-2-15/h11,15-18H,1-10,12-14H2,(H,26,28). The molecular weight excluding hydrogens is 423 g/mol. The summed E-state index contributed by atoms with van der Waals surface area (Å²) >= 11 is 0. The maximum atomic E-state index is 13.8. The number of likely N-dealkylation sites (tertiary alicyclic amines) is 1. The van der Waals surface area contributed by atoms with Crippen molar-refractivity contribution in [3.63, 3.8) is 0 Å². The van der Waals surface area contributed by atoms with Crippen molar-refractivity contribution >= 4 is 11.6 Å². The van der Waals surface area contributed by atoms with Crippen LogP contribution in [0.2, 0.25) is 0 Å². The first-order valence-corrected chi connectivity index (χ1v) is 11.8. The molecule has 4 heterocycles. The summed E-state index contributed by atoms with van der Waals surface area (Å²) in [7, 11) is 0. The van der Waals surface area contributed by atoms with Gasteiger partial charge in [-0.25, -0.2) is 0 Å². The van der Waals surface area contributed by atoms with E-state index in [1.807, 2.05) is 0 Å². The number of anilines is 2. The Morgan fingerprint density at radius 2 is 1.62 bits per heavy atom. The lowest BCUT2D eigenvalue weighted by Crippen LogP contribution is -2.37. The Morgan fingerprint density at radius 3 is 2.28 bits per heavy atom. The minimum atomic E-state index is -4.48. The van der Waals surface area contributed by atoms with Crippen LogP contribution in [0.4, 0.5) is 24.8 Å². The number of morpholine rings is 1. The van der Waals surface area contributed by atoms with Gasteiger partial charge in [-0.1, -0.05) is 0 Å². The SMILES string of the molecule is FC(F)(F)c1cc(N2CCOCC2)nnc1NC1CC2CN(CC3CCOCC3)CC2C1. The zero-order valence-electron chi connectivity index (χ0n) is 18.3. The number of hydrogen-bond donors (Lipinski definition) is 1. The lowest BCUT2D eigenvalue weighted by atomic mass is 10.00. The van der Waals surface area contributed by atoms with Gasteiger partial charge in [-0.3, -0.25) is 0 Å². The molecule has 0 spiro atoms. The molecule has 3 aliphatic heterocycles. The van der Waals surface area contributed by atoms with Crippen molar-refractivity contribution in [2.24, 2.45) is 17.8 Å². The summed E-state index contributed by atoms with van der Waals surface area (Å²) < 4.78 is 52.2. The van der Waals surface area contributed by atoms with E-state index in [-0.39, 0.29) is 17.7 Å². The van der Waals surface area contributed by atoms with E-state index in [1.165, 1.54) is 0 Å². The molecule has 1 aromatic rings. The summed E-state index contributed by atoms with van der Waals surface area (Å²) in [6, 6.07) is 1.14. The smallest absolute Gasteiger partial charge is 0.381 e. The average molecular weight is 456 g/mol. The van der Waals surface area contributed by atoms with Crippen molar-refractivity contribution in [2.75, 3.05) is 69.4 Å². The molecule has 4 fully saturated rings. The normalized spacial score (nSPS) is 30.0. The molecular formula is C22H32F3N5O2. The molecule has 1 aliphatic carbocycles. The highest BCUT2D eigenvalue weighted by Crippen LogP contribution is 2.41. The van der Waals surface area contributed by atoms with Gasteiger partial charge in [0.05, 0.1) is 13.2 Å². The van der Waals surface area contributed by atoms with E-state index in [4.69, 9.17) is 9.47 Å². The largest absolute Gasteiger partial charge is 0.420 e. The van der Waals surface area contributed by atoms with Gasteiger partial charge in [-0.15, -0.1) is 10.2 Å². The number of aromatic nitrogens is 2. The Labute approximate surface area is 186 Å². The van der Waals surface area contributed by atoms with Crippen LogP contribution >= 0.6 is 0 Å². The molecule has 2 unspecified atom stereocenters. The highest BCUT2D eigenvalue weighted by Gasteiger charge is 2.43. The molecule has 0 radical (unpaired) electrons. The monoisotopic (exact) mass is 455 g/mol. The molecule has 0 aromatic carbocycles. The fraction of sp³-hybridized carbons (Fsp3) is 0.818. The summed E-state index contributed by atoms with van der Waals surface area (Å²) in [4.78, 5) is 4.35. The van der Waals surface area contributed by atoms with Gasteiger partial charge in [0, 0.05) is 52.0 Å². The fourth-order valence-electron chi connectivity index (χ4n) is 5.80. The van der Waals surface area contributed by atoms with Crippen LogP contribution in [-0.4, -0.2) is 80.3 Å². The first-order valence-electron chi connectivity index (χ1n) is 11.8. The first kappa shape index (κ1) is 22.2. The van der Waals surface area contributed by atoms with Gasteiger partial charge in [-0.2, -0.15) is 13.2 Å². The lowest BCUT2D eigenvalue weighted by molar-refractivity contribution is -0.137. The quantitative estimate of drug-likeness (QED) is 0.733. The highest BCUT2D eigenvalue weighted by atomic mass is 19.4. The van der Waals surface area contributed by atoms with Gasteiger partial charge in [0.25, 0.3) is 0 Å². The van der Waals surface area contributed by atoms with Gasteiger partial charge in [-0.05, 0) is 49.5 Å². The van der Waals surface area contributed by atoms with Crippen LogP contribution in [0.5, 0.6) is 0 Å². The van der Waals surface area contributed by atoms with E-state index >= 15 is 0 Å². The minimum absolute atomic E-state index is 0.0138. The Hall–Kier alpha value is -1.65. The summed E-state index contributed by atoms with van der Waals surface area (Å²) in [5, 5.41) is 11.2. The molecule has 1 N–H and O–H groups in total. The van der Waals surface area contributed by atoms with Crippen LogP contribution in [0.15, 0.2) is 6.07 Å². The first-order chi connectivity index (χ1) is 15.5.